The number of hydrogen-bond donors (Lipinski definition) is 1. The highest BCUT2D eigenvalue weighted by Gasteiger charge is 2.41. The van der Waals surface area contributed by atoms with Crippen molar-refractivity contribution in [3.63, 3.8) is 0 Å². The molecule has 0 radical (unpaired) electrons. The number of carbonyl (C=O) groups is 2. The molecule has 3 unspecified atom stereocenters. The van der Waals surface area contributed by atoms with Crippen molar-refractivity contribution in [2.24, 2.45) is 16.8 Å². The van der Waals surface area contributed by atoms with Gasteiger partial charge >= 0.3 is 5.97 Å². The molecule has 0 spiro atoms. The van der Waals surface area contributed by atoms with Crippen LogP contribution in [0.3, 0.4) is 0 Å². The van der Waals surface area contributed by atoms with Crippen molar-refractivity contribution in [3.8, 4) is 0 Å². The van der Waals surface area contributed by atoms with Gasteiger partial charge in [0.1, 0.15) is 5.84 Å². The fraction of sp³-hybridized carbons (Fsp3) is 0.526. The molecule has 1 aromatic rings. The summed E-state index contributed by atoms with van der Waals surface area (Å²) in [6.45, 7) is 6.74. The average Bonchev–Trinajstić information content (AvgIpc) is 2.60. The Kier molecular flexibility index (Phi) is 4.90. The van der Waals surface area contributed by atoms with Crippen LogP contribution < -0.4 is 0 Å². The maximum absolute atomic E-state index is 12.7. The predicted molar refractivity (Wildman–Crippen MR) is 96.4 cm³/mol. The number of hydrogen-bond acceptors (Lipinski definition) is 5. The van der Waals surface area contributed by atoms with Crippen LogP contribution in [0.4, 0.5) is 5.69 Å². The first kappa shape index (κ1) is 17.6. The third-order valence-electron chi connectivity index (χ3n) is 5.42. The second-order valence-corrected chi connectivity index (χ2v) is 6.98. The predicted octanol–water partition coefficient (Wildman–Crippen LogP) is 2.28. The lowest BCUT2D eigenvalue weighted by atomic mass is 9.88. The second-order valence-electron chi connectivity index (χ2n) is 6.98. The van der Waals surface area contributed by atoms with E-state index in [1.165, 1.54) is 0 Å². The molecule has 0 saturated carbocycles. The van der Waals surface area contributed by atoms with Gasteiger partial charge in [-0.25, -0.2) is 4.99 Å². The molecule has 3 atom stereocenters. The van der Waals surface area contributed by atoms with E-state index >= 15 is 0 Å². The molecule has 0 aromatic heterocycles. The first-order valence-corrected chi connectivity index (χ1v) is 8.83. The molecule has 0 bridgehead atoms. The van der Waals surface area contributed by atoms with Crippen LogP contribution in [0.15, 0.2) is 29.3 Å². The van der Waals surface area contributed by atoms with Crippen molar-refractivity contribution in [1.29, 1.82) is 0 Å². The van der Waals surface area contributed by atoms with Gasteiger partial charge in [0.15, 0.2) is 11.7 Å². The Morgan fingerprint density at radius 2 is 2.12 bits per heavy atom. The number of para-hydroxylation sites is 1. The number of piperidine rings is 1. The molecule has 1 N–H and O–H groups in total. The Morgan fingerprint density at radius 1 is 1.40 bits per heavy atom. The minimum atomic E-state index is -1.21. The number of rotatable bonds is 3. The largest absolute Gasteiger partial charge is 0.480 e. The molecular formula is C19H25N3O3. The highest BCUT2D eigenvalue weighted by atomic mass is 16.4. The Balaban J connectivity index is 1.91. The zero-order chi connectivity index (χ0) is 18.1. The molecule has 6 nitrogen and oxygen atoms in total. The molecule has 6 heteroatoms. The van der Waals surface area contributed by atoms with Gasteiger partial charge in [-0.05, 0) is 38.1 Å². The maximum atomic E-state index is 12.7. The lowest BCUT2D eigenvalue weighted by Gasteiger charge is -2.43. The first-order valence-electron chi connectivity index (χ1n) is 8.83. The Morgan fingerprint density at radius 3 is 2.76 bits per heavy atom. The fourth-order valence-electron chi connectivity index (χ4n) is 3.95. The molecule has 134 valence electrons. The third-order valence-corrected chi connectivity index (χ3v) is 5.42. The molecule has 3 rings (SSSR count). The van der Waals surface area contributed by atoms with Crippen LogP contribution in [-0.2, 0) is 4.79 Å². The number of benzene rings is 1. The summed E-state index contributed by atoms with van der Waals surface area (Å²) in [5.41, 5.74) is 0.966. The summed E-state index contributed by atoms with van der Waals surface area (Å²) < 4.78 is 0. The van der Waals surface area contributed by atoms with Crippen molar-refractivity contribution < 1.29 is 14.7 Å². The van der Waals surface area contributed by atoms with Crippen LogP contribution in [0.5, 0.6) is 0 Å². The molecule has 2 aliphatic heterocycles. The Labute approximate surface area is 148 Å². The SMILES string of the molecule is CCN(C)C1CCN(C2=Nc3ccccc3C(=O)C2C(=O)O)CC1C. The van der Waals surface area contributed by atoms with Crippen LogP contribution in [-0.4, -0.2) is 65.2 Å². The zero-order valence-corrected chi connectivity index (χ0v) is 15.0. The molecule has 1 fully saturated rings. The topological polar surface area (TPSA) is 73.2 Å². The maximum Gasteiger partial charge on any atom is 0.322 e. The van der Waals surface area contributed by atoms with Crippen LogP contribution in [0.25, 0.3) is 0 Å². The molecule has 25 heavy (non-hydrogen) atoms. The molecule has 1 aromatic carbocycles. The molecule has 2 heterocycles. The standard InChI is InChI=1S/C19H25N3O3/c1-4-21(3)15-9-10-22(11-12(15)2)18-16(19(24)25)17(23)13-7-5-6-8-14(13)20-18/h5-8,12,15-16H,4,9-11H2,1-3H3,(H,24,25). The van der Waals surface area contributed by atoms with E-state index in [1.807, 2.05) is 11.0 Å². The van der Waals surface area contributed by atoms with Crippen molar-refractivity contribution in [2.45, 2.75) is 26.3 Å². The van der Waals surface area contributed by atoms with Gasteiger partial charge in [0.25, 0.3) is 0 Å². The van der Waals surface area contributed by atoms with Crippen LogP contribution in [0, 0.1) is 11.8 Å². The van der Waals surface area contributed by atoms with E-state index in [2.05, 4.69) is 30.8 Å². The molecule has 0 aliphatic carbocycles. The number of amidine groups is 1. The number of carboxylic acids is 1. The van der Waals surface area contributed by atoms with E-state index in [-0.39, 0.29) is 5.78 Å². The molecule has 0 amide bonds. The average molecular weight is 343 g/mol. The number of carbonyl (C=O) groups excluding carboxylic acids is 1. The normalized spacial score (nSPS) is 26.4. The monoisotopic (exact) mass is 343 g/mol. The summed E-state index contributed by atoms with van der Waals surface area (Å²) in [4.78, 5) is 33.4. The van der Waals surface area contributed by atoms with Gasteiger partial charge in [-0.15, -0.1) is 0 Å². The summed E-state index contributed by atoms with van der Waals surface area (Å²) in [5, 5.41) is 9.64. The first-order chi connectivity index (χ1) is 11.9. The van der Waals surface area contributed by atoms with Crippen molar-refractivity contribution in [2.75, 3.05) is 26.7 Å². The van der Waals surface area contributed by atoms with E-state index in [0.29, 0.717) is 35.6 Å². The number of fused-ring (bicyclic) bond motifs is 1. The van der Waals surface area contributed by atoms with Crippen molar-refractivity contribution >= 4 is 23.3 Å². The van der Waals surface area contributed by atoms with Crippen LogP contribution in [0.2, 0.25) is 0 Å². The van der Waals surface area contributed by atoms with Gasteiger partial charge < -0.3 is 14.9 Å². The number of likely N-dealkylation sites (tertiary alicyclic amines) is 1. The van der Waals surface area contributed by atoms with Crippen molar-refractivity contribution in [3.05, 3.63) is 29.8 Å². The minimum absolute atomic E-state index is 0.367. The van der Waals surface area contributed by atoms with E-state index in [4.69, 9.17) is 0 Å². The minimum Gasteiger partial charge on any atom is -0.480 e. The molecule has 1 saturated heterocycles. The van der Waals surface area contributed by atoms with Crippen LogP contribution in [0.1, 0.15) is 30.6 Å². The van der Waals surface area contributed by atoms with Crippen molar-refractivity contribution in [1.82, 2.24) is 9.80 Å². The van der Waals surface area contributed by atoms with Crippen LogP contribution >= 0.6 is 0 Å². The lowest BCUT2D eigenvalue weighted by Crippen LogP contribution is -2.54. The summed E-state index contributed by atoms with van der Waals surface area (Å²) in [6, 6.07) is 7.45. The number of ketones is 1. The summed E-state index contributed by atoms with van der Waals surface area (Å²) in [6.07, 6.45) is 0.937. The van der Waals surface area contributed by atoms with E-state index in [0.717, 1.165) is 19.5 Å². The van der Waals surface area contributed by atoms with E-state index in [9.17, 15) is 14.7 Å². The molecule has 2 aliphatic rings. The van der Waals surface area contributed by atoms with Gasteiger partial charge in [0, 0.05) is 24.7 Å². The lowest BCUT2D eigenvalue weighted by molar-refractivity contribution is -0.138. The Hall–Kier alpha value is -2.21. The second kappa shape index (κ2) is 6.96. The van der Waals surface area contributed by atoms with Gasteiger partial charge in [-0.3, -0.25) is 9.59 Å². The fourth-order valence-corrected chi connectivity index (χ4v) is 3.95. The quantitative estimate of drug-likeness (QED) is 0.853. The third kappa shape index (κ3) is 3.18. The van der Waals surface area contributed by atoms with E-state index in [1.54, 1.807) is 18.2 Å². The Bertz CT molecular complexity index is 716. The van der Waals surface area contributed by atoms with E-state index < -0.39 is 11.9 Å². The summed E-state index contributed by atoms with van der Waals surface area (Å²) >= 11 is 0. The molecular weight excluding hydrogens is 318 g/mol. The smallest absolute Gasteiger partial charge is 0.322 e. The number of carboxylic acid groups (broad SMARTS) is 1. The highest BCUT2D eigenvalue weighted by molar-refractivity contribution is 6.26. The number of nitrogens with zero attached hydrogens (tertiary/aromatic N) is 3. The van der Waals surface area contributed by atoms with Gasteiger partial charge in [0.05, 0.1) is 5.69 Å². The number of Topliss-reactive ketones (excluding diaryl/α,β-unsaturated/α-hetero) is 1. The summed E-state index contributed by atoms with van der Waals surface area (Å²) in [5.74, 6) is -1.93. The number of aliphatic imine (C=N–C) groups is 1. The summed E-state index contributed by atoms with van der Waals surface area (Å²) in [7, 11) is 2.12. The zero-order valence-electron chi connectivity index (χ0n) is 15.0. The number of aliphatic carboxylic acids is 1. The highest BCUT2D eigenvalue weighted by Crippen LogP contribution is 2.32. The van der Waals surface area contributed by atoms with Gasteiger partial charge in [-0.1, -0.05) is 26.0 Å². The van der Waals surface area contributed by atoms with Gasteiger partial charge in [0.2, 0.25) is 0 Å². The van der Waals surface area contributed by atoms with Gasteiger partial charge in [-0.2, -0.15) is 0 Å².